The van der Waals surface area contributed by atoms with E-state index in [9.17, 15) is 9.90 Å². The summed E-state index contributed by atoms with van der Waals surface area (Å²) in [6.07, 6.45) is 3.16. The maximum Gasteiger partial charge on any atom is 0.200 e. The van der Waals surface area contributed by atoms with Gasteiger partial charge in [0.1, 0.15) is 0 Å². The highest BCUT2D eigenvalue weighted by molar-refractivity contribution is 6.08. The van der Waals surface area contributed by atoms with Gasteiger partial charge >= 0.3 is 0 Å². The molecule has 6 heteroatoms. The van der Waals surface area contributed by atoms with Gasteiger partial charge in [0.05, 0.1) is 25.5 Å². The molecule has 0 amide bonds. The number of carbonyl (C=O) groups excluding carboxylic acids is 1. The quantitative estimate of drug-likeness (QED) is 0.639. The number of nitrogens with zero attached hydrogens (tertiary/aromatic N) is 2. The molecule has 0 bridgehead atoms. The van der Waals surface area contributed by atoms with Crippen LogP contribution >= 0.6 is 0 Å². The summed E-state index contributed by atoms with van der Waals surface area (Å²) in [6, 6.07) is 3.47. The van der Waals surface area contributed by atoms with Crippen molar-refractivity contribution in [2.45, 2.75) is 33.7 Å². The number of phenolic OH excluding ortho intramolecular Hbond substituents is 1. The Morgan fingerprint density at radius 3 is 2.20 bits per heavy atom. The van der Waals surface area contributed by atoms with Crippen LogP contribution in [0.25, 0.3) is 6.08 Å². The molecule has 1 aromatic heterocycles. The van der Waals surface area contributed by atoms with Crippen molar-refractivity contribution in [1.82, 2.24) is 9.78 Å². The van der Waals surface area contributed by atoms with Crippen LogP contribution in [0.2, 0.25) is 0 Å². The number of phenols is 1. The summed E-state index contributed by atoms with van der Waals surface area (Å²) < 4.78 is 12.1. The summed E-state index contributed by atoms with van der Waals surface area (Å²) in [6.45, 7) is 7.78. The van der Waals surface area contributed by atoms with E-state index in [1.54, 1.807) is 18.2 Å². The fourth-order valence-electron chi connectivity index (χ4n) is 2.79. The van der Waals surface area contributed by atoms with Gasteiger partial charge in [0.25, 0.3) is 0 Å². The second-order valence-corrected chi connectivity index (χ2v) is 6.06. The van der Waals surface area contributed by atoms with E-state index in [-0.39, 0.29) is 29.1 Å². The monoisotopic (exact) mass is 344 g/mol. The van der Waals surface area contributed by atoms with Crippen molar-refractivity contribution in [3.8, 4) is 17.2 Å². The molecule has 1 aromatic carbocycles. The number of ether oxygens (including phenoxy) is 2. The number of allylic oxidation sites excluding steroid dienone is 1. The lowest BCUT2D eigenvalue weighted by atomic mass is 10.1. The van der Waals surface area contributed by atoms with Gasteiger partial charge in [-0.05, 0) is 51.5 Å². The summed E-state index contributed by atoms with van der Waals surface area (Å²) in [7, 11) is 2.92. The zero-order chi connectivity index (χ0) is 18.7. The van der Waals surface area contributed by atoms with E-state index in [4.69, 9.17) is 9.47 Å². The lowest BCUT2D eigenvalue weighted by Gasteiger charge is -2.09. The Kier molecular flexibility index (Phi) is 5.51. The molecule has 2 aromatic rings. The summed E-state index contributed by atoms with van der Waals surface area (Å²) in [5.41, 5.74) is 2.86. The van der Waals surface area contributed by atoms with E-state index in [0.29, 0.717) is 16.8 Å². The molecule has 0 saturated carbocycles. The first-order chi connectivity index (χ1) is 11.8. The van der Waals surface area contributed by atoms with E-state index >= 15 is 0 Å². The second kappa shape index (κ2) is 7.42. The number of ketones is 1. The summed E-state index contributed by atoms with van der Waals surface area (Å²) >= 11 is 0. The third-order valence-corrected chi connectivity index (χ3v) is 3.99. The third kappa shape index (κ3) is 3.68. The maximum absolute atomic E-state index is 12.6. The van der Waals surface area contributed by atoms with Crippen LogP contribution in [-0.2, 0) is 0 Å². The SMILES string of the molecule is COc1cc(C=CC(=O)c2c(C)nn(C(C)C)c2C)cc(OC)c1O. The van der Waals surface area contributed by atoms with Crippen LogP contribution in [-0.4, -0.2) is 34.9 Å². The Bertz CT molecular complexity index is 794. The fraction of sp³-hybridized carbons (Fsp3) is 0.368. The molecule has 0 radical (unpaired) electrons. The zero-order valence-electron chi connectivity index (χ0n) is 15.5. The van der Waals surface area contributed by atoms with Crippen LogP contribution in [0.1, 0.15) is 47.2 Å². The minimum atomic E-state index is -0.118. The number of aromatic hydroxyl groups is 1. The summed E-state index contributed by atoms with van der Waals surface area (Å²) in [5, 5.41) is 14.4. The number of aromatic nitrogens is 2. The van der Waals surface area contributed by atoms with Crippen LogP contribution in [0.15, 0.2) is 18.2 Å². The summed E-state index contributed by atoms with van der Waals surface area (Å²) in [5.74, 6) is 0.379. The van der Waals surface area contributed by atoms with E-state index in [1.165, 1.54) is 20.3 Å². The van der Waals surface area contributed by atoms with Gasteiger partial charge < -0.3 is 14.6 Å². The van der Waals surface area contributed by atoms with Gasteiger partial charge in [-0.15, -0.1) is 0 Å². The van der Waals surface area contributed by atoms with Gasteiger partial charge in [-0.3, -0.25) is 9.48 Å². The molecular weight excluding hydrogens is 320 g/mol. The number of aryl methyl sites for hydroxylation is 1. The molecule has 25 heavy (non-hydrogen) atoms. The molecule has 1 N–H and O–H groups in total. The Labute approximate surface area is 147 Å². The molecule has 0 saturated heterocycles. The molecule has 2 rings (SSSR count). The van der Waals surface area contributed by atoms with Crippen molar-refractivity contribution in [2.75, 3.05) is 14.2 Å². The zero-order valence-corrected chi connectivity index (χ0v) is 15.5. The Balaban J connectivity index is 2.36. The molecular formula is C19H24N2O4. The molecule has 0 unspecified atom stereocenters. The highest BCUT2D eigenvalue weighted by Crippen LogP contribution is 2.37. The fourth-order valence-corrected chi connectivity index (χ4v) is 2.79. The van der Waals surface area contributed by atoms with Gasteiger partial charge in [0.2, 0.25) is 5.75 Å². The van der Waals surface area contributed by atoms with Crippen molar-refractivity contribution in [3.05, 3.63) is 40.7 Å². The summed E-state index contributed by atoms with van der Waals surface area (Å²) in [4.78, 5) is 12.6. The molecule has 134 valence electrons. The van der Waals surface area contributed by atoms with E-state index in [2.05, 4.69) is 5.10 Å². The molecule has 0 atom stereocenters. The van der Waals surface area contributed by atoms with Crippen LogP contribution in [0, 0.1) is 13.8 Å². The molecule has 0 aliphatic heterocycles. The van der Waals surface area contributed by atoms with Crippen molar-refractivity contribution in [3.63, 3.8) is 0 Å². The van der Waals surface area contributed by atoms with E-state index < -0.39 is 0 Å². The largest absolute Gasteiger partial charge is 0.502 e. The molecule has 0 aliphatic carbocycles. The number of rotatable bonds is 6. The Hall–Kier alpha value is -2.76. The van der Waals surface area contributed by atoms with Gasteiger partial charge in [-0.25, -0.2) is 0 Å². The predicted octanol–water partition coefficient (Wildman–Crippen LogP) is 3.70. The molecule has 0 spiro atoms. The molecule has 0 aliphatic rings. The standard InChI is InChI=1S/C19H24N2O4/c1-11(2)21-13(4)18(12(3)20-21)15(22)8-7-14-9-16(24-5)19(23)17(10-14)25-6/h7-11,23H,1-6H3. The highest BCUT2D eigenvalue weighted by atomic mass is 16.5. The minimum Gasteiger partial charge on any atom is -0.502 e. The molecule has 6 nitrogen and oxygen atoms in total. The lowest BCUT2D eigenvalue weighted by Crippen LogP contribution is -2.06. The smallest absolute Gasteiger partial charge is 0.200 e. The van der Waals surface area contributed by atoms with E-state index in [1.807, 2.05) is 32.4 Å². The van der Waals surface area contributed by atoms with Gasteiger partial charge in [-0.1, -0.05) is 6.08 Å². The average Bonchev–Trinajstić information content (AvgIpc) is 2.88. The first kappa shape index (κ1) is 18.6. The van der Waals surface area contributed by atoms with Crippen molar-refractivity contribution < 1.29 is 19.4 Å². The van der Waals surface area contributed by atoms with Crippen LogP contribution in [0.5, 0.6) is 17.2 Å². The minimum absolute atomic E-state index is 0.0709. The number of hydrogen-bond donors (Lipinski definition) is 1. The topological polar surface area (TPSA) is 73.6 Å². The molecule has 0 fully saturated rings. The van der Waals surface area contributed by atoms with Gasteiger partial charge in [0.15, 0.2) is 17.3 Å². The molecule has 1 heterocycles. The Morgan fingerprint density at radius 2 is 1.76 bits per heavy atom. The van der Waals surface area contributed by atoms with Crippen molar-refractivity contribution >= 4 is 11.9 Å². The normalized spacial score (nSPS) is 11.3. The van der Waals surface area contributed by atoms with Crippen LogP contribution < -0.4 is 9.47 Å². The number of benzene rings is 1. The number of carbonyl (C=O) groups is 1. The number of hydrogen-bond acceptors (Lipinski definition) is 5. The van der Waals surface area contributed by atoms with Gasteiger partial charge in [-0.2, -0.15) is 5.10 Å². The first-order valence-electron chi connectivity index (χ1n) is 8.03. The maximum atomic E-state index is 12.6. The predicted molar refractivity (Wildman–Crippen MR) is 96.7 cm³/mol. The second-order valence-electron chi connectivity index (χ2n) is 6.06. The van der Waals surface area contributed by atoms with E-state index in [0.717, 1.165) is 5.69 Å². The average molecular weight is 344 g/mol. The highest BCUT2D eigenvalue weighted by Gasteiger charge is 2.18. The Morgan fingerprint density at radius 1 is 1.20 bits per heavy atom. The van der Waals surface area contributed by atoms with Crippen LogP contribution in [0.3, 0.4) is 0 Å². The van der Waals surface area contributed by atoms with Crippen molar-refractivity contribution in [1.29, 1.82) is 0 Å². The van der Waals surface area contributed by atoms with Crippen LogP contribution in [0.4, 0.5) is 0 Å². The number of methoxy groups -OCH3 is 2. The third-order valence-electron chi connectivity index (χ3n) is 3.99. The lowest BCUT2D eigenvalue weighted by molar-refractivity contribution is 0.104. The van der Waals surface area contributed by atoms with Gasteiger partial charge in [0, 0.05) is 11.7 Å². The first-order valence-corrected chi connectivity index (χ1v) is 8.03. The van der Waals surface area contributed by atoms with Crippen molar-refractivity contribution in [2.24, 2.45) is 0 Å².